The first-order valence-electron chi connectivity index (χ1n) is 7.46. The molecule has 0 saturated heterocycles. The van der Waals surface area contributed by atoms with Gasteiger partial charge < -0.3 is 0 Å². The molecule has 0 radical (unpaired) electrons. The summed E-state index contributed by atoms with van der Waals surface area (Å²) in [6.45, 7) is 6.30. The third-order valence-corrected chi connectivity index (χ3v) is 4.55. The van der Waals surface area contributed by atoms with E-state index in [1.165, 1.54) is 16.7 Å². The monoisotopic (exact) mass is 276 g/mol. The van der Waals surface area contributed by atoms with Gasteiger partial charge in [0.1, 0.15) is 0 Å². The van der Waals surface area contributed by atoms with Gasteiger partial charge in [0, 0.05) is 11.5 Å². The zero-order valence-corrected chi connectivity index (χ0v) is 12.8. The Morgan fingerprint density at radius 1 is 1.05 bits per heavy atom. The number of carbonyl (C=O) groups excluding carboxylic acids is 1. The molecule has 0 spiro atoms. The fraction of sp³-hybridized carbons (Fsp3) is 0.250. The van der Waals surface area contributed by atoms with Crippen LogP contribution in [-0.4, -0.2) is 5.78 Å². The predicted molar refractivity (Wildman–Crippen MR) is 88.5 cm³/mol. The molecule has 0 aliphatic heterocycles. The Balaban J connectivity index is 1.97. The number of benzene rings is 2. The van der Waals surface area contributed by atoms with Crippen molar-refractivity contribution in [3.63, 3.8) is 0 Å². The van der Waals surface area contributed by atoms with Crippen LogP contribution in [0.4, 0.5) is 0 Å². The summed E-state index contributed by atoms with van der Waals surface area (Å²) in [6, 6.07) is 14.1. The van der Waals surface area contributed by atoms with Crippen LogP contribution in [0.25, 0.3) is 10.8 Å². The minimum absolute atomic E-state index is 0.0526. The van der Waals surface area contributed by atoms with Gasteiger partial charge in [0.15, 0.2) is 5.78 Å². The van der Waals surface area contributed by atoms with Crippen LogP contribution in [0.15, 0.2) is 65.3 Å². The first kappa shape index (κ1) is 13.8. The molecule has 106 valence electrons. The maximum atomic E-state index is 12.9. The average Bonchev–Trinajstić information content (AvgIpc) is 2.84. The van der Waals surface area contributed by atoms with Crippen molar-refractivity contribution in [2.75, 3.05) is 0 Å². The summed E-state index contributed by atoms with van der Waals surface area (Å²) in [5.41, 5.74) is 4.76. The van der Waals surface area contributed by atoms with Crippen molar-refractivity contribution in [2.45, 2.75) is 27.2 Å². The molecule has 1 unspecified atom stereocenters. The van der Waals surface area contributed by atoms with Crippen molar-refractivity contribution in [1.82, 2.24) is 0 Å². The summed E-state index contributed by atoms with van der Waals surface area (Å²) in [5.74, 6) is 0.170. The number of rotatable bonds is 3. The Labute approximate surface area is 126 Å². The molecule has 0 amide bonds. The summed E-state index contributed by atoms with van der Waals surface area (Å²) in [4.78, 5) is 12.9. The summed E-state index contributed by atoms with van der Waals surface area (Å²) in [7, 11) is 0. The van der Waals surface area contributed by atoms with Gasteiger partial charge in [0.25, 0.3) is 0 Å². The quantitative estimate of drug-likeness (QED) is 0.693. The highest BCUT2D eigenvalue weighted by Crippen LogP contribution is 2.32. The van der Waals surface area contributed by atoms with Gasteiger partial charge in [-0.15, -0.1) is 0 Å². The van der Waals surface area contributed by atoms with Gasteiger partial charge in [-0.25, -0.2) is 0 Å². The normalized spacial score (nSPS) is 16.2. The van der Waals surface area contributed by atoms with E-state index in [1.54, 1.807) is 0 Å². The van der Waals surface area contributed by atoms with Crippen molar-refractivity contribution in [1.29, 1.82) is 0 Å². The minimum Gasteiger partial charge on any atom is -0.293 e. The lowest BCUT2D eigenvalue weighted by Gasteiger charge is -2.14. The largest absolute Gasteiger partial charge is 0.293 e. The number of Topliss-reactive ketones (excluding diaryl/α,β-unsaturated/α-hetero) is 1. The van der Waals surface area contributed by atoms with Crippen LogP contribution in [0.2, 0.25) is 0 Å². The lowest BCUT2D eigenvalue weighted by molar-refractivity contribution is 0.0949. The molecule has 3 rings (SSSR count). The molecule has 1 heteroatoms. The van der Waals surface area contributed by atoms with Crippen LogP contribution in [-0.2, 0) is 0 Å². The topological polar surface area (TPSA) is 17.1 Å². The zero-order valence-electron chi connectivity index (χ0n) is 12.8. The first-order valence-corrected chi connectivity index (χ1v) is 7.46. The van der Waals surface area contributed by atoms with Crippen LogP contribution in [0.5, 0.6) is 0 Å². The van der Waals surface area contributed by atoms with Gasteiger partial charge >= 0.3 is 0 Å². The van der Waals surface area contributed by atoms with Crippen molar-refractivity contribution < 1.29 is 4.79 Å². The Bertz CT molecular complexity index is 772. The van der Waals surface area contributed by atoms with Crippen molar-refractivity contribution >= 4 is 16.6 Å². The molecule has 2 aromatic carbocycles. The number of allylic oxidation sites excluding steroid dienone is 4. The Kier molecular flexibility index (Phi) is 3.50. The fourth-order valence-electron chi connectivity index (χ4n) is 3.02. The van der Waals surface area contributed by atoms with Crippen molar-refractivity contribution in [3.05, 3.63) is 70.8 Å². The molecule has 0 heterocycles. The Morgan fingerprint density at radius 2 is 1.76 bits per heavy atom. The zero-order chi connectivity index (χ0) is 15.0. The van der Waals surface area contributed by atoms with Crippen molar-refractivity contribution in [2.24, 2.45) is 5.92 Å². The number of hydrogen-bond acceptors (Lipinski definition) is 1. The Morgan fingerprint density at radius 3 is 2.48 bits per heavy atom. The molecule has 0 bridgehead atoms. The predicted octanol–water partition coefficient (Wildman–Crippen LogP) is 5.33. The molecule has 0 aromatic heterocycles. The van der Waals surface area contributed by atoms with Gasteiger partial charge in [0.05, 0.1) is 0 Å². The molecule has 1 nitrogen and oxygen atoms in total. The number of fused-ring (bicyclic) bond motifs is 1. The average molecular weight is 276 g/mol. The van der Waals surface area contributed by atoms with E-state index in [9.17, 15) is 4.79 Å². The van der Waals surface area contributed by atoms with Gasteiger partial charge in [0.2, 0.25) is 0 Å². The van der Waals surface area contributed by atoms with Gasteiger partial charge in [-0.1, -0.05) is 72.2 Å². The van der Waals surface area contributed by atoms with Crippen LogP contribution in [0, 0.1) is 5.92 Å². The van der Waals surface area contributed by atoms with E-state index in [0.717, 1.165) is 22.8 Å². The molecular formula is C20H20O. The minimum atomic E-state index is -0.0526. The third kappa shape index (κ3) is 2.44. The van der Waals surface area contributed by atoms with E-state index in [1.807, 2.05) is 37.3 Å². The van der Waals surface area contributed by atoms with Gasteiger partial charge in [-0.05, 0) is 31.0 Å². The molecule has 0 fully saturated rings. The standard InChI is InChI=1S/C20H20O/c1-13-11-17(12-14(13)2)15(3)20(21)19-10-6-8-16-7-4-5-9-18(16)19/h4-11,15H,12H2,1-3H3. The molecule has 0 N–H and O–H groups in total. The molecule has 1 atom stereocenters. The van der Waals surface area contributed by atoms with E-state index >= 15 is 0 Å². The summed E-state index contributed by atoms with van der Waals surface area (Å²) < 4.78 is 0. The highest BCUT2D eigenvalue weighted by molar-refractivity contribution is 6.10. The number of hydrogen-bond donors (Lipinski definition) is 0. The number of ketones is 1. The molecule has 1 aliphatic rings. The van der Waals surface area contributed by atoms with Crippen LogP contribution >= 0.6 is 0 Å². The third-order valence-electron chi connectivity index (χ3n) is 4.55. The smallest absolute Gasteiger partial charge is 0.170 e. The maximum Gasteiger partial charge on any atom is 0.170 e. The van der Waals surface area contributed by atoms with Gasteiger partial charge in [-0.3, -0.25) is 4.79 Å². The van der Waals surface area contributed by atoms with Crippen LogP contribution in [0.3, 0.4) is 0 Å². The van der Waals surface area contributed by atoms with E-state index in [4.69, 9.17) is 0 Å². The van der Waals surface area contributed by atoms with E-state index in [-0.39, 0.29) is 11.7 Å². The van der Waals surface area contributed by atoms with Crippen molar-refractivity contribution in [3.8, 4) is 0 Å². The fourth-order valence-corrected chi connectivity index (χ4v) is 3.02. The lowest BCUT2D eigenvalue weighted by atomic mass is 9.88. The number of carbonyl (C=O) groups is 1. The second kappa shape index (κ2) is 5.33. The lowest BCUT2D eigenvalue weighted by Crippen LogP contribution is -2.13. The van der Waals surface area contributed by atoms with Gasteiger partial charge in [-0.2, -0.15) is 0 Å². The highest BCUT2D eigenvalue weighted by atomic mass is 16.1. The second-order valence-corrected chi connectivity index (χ2v) is 5.97. The van der Waals surface area contributed by atoms with Crippen LogP contribution in [0.1, 0.15) is 37.6 Å². The molecule has 2 aromatic rings. The van der Waals surface area contributed by atoms with E-state index in [2.05, 4.69) is 32.1 Å². The molecule has 21 heavy (non-hydrogen) atoms. The van der Waals surface area contributed by atoms with Crippen LogP contribution < -0.4 is 0 Å². The Hall–Kier alpha value is -2.15. The van der Waals surface area contributed by atoms with E-state index in [0.29, 0.717) is 0 Å². The summed E-state index contributed by atoms with van der Waals surface area (Å²) in [5, 5.41) is 2.18. The molecule has 1 aliphatic carbocycles. The van der Waals surface area contributed by atoms with E-state index < -0.39 is 0 Å². The highest BCUT2D eigenvalue weighted by Gasteiger charge is 2.23. The molecule has 0 saturated carbocycles. The SMILES string of the molecule is CC1=C(C)CC(C(C)C(=O)c2cccc3ccccc23)=C1. The first-order chi connectivity index (χ1) is 10.1. The summed E-state index contributed by atoms with van der Waals surface area (Å²) in [6.07, 6.45) is 3.12. The maximum absolute atomic E-state index is 12.9. The molecular weight excluding hydrogens is 256 g/mol. The summed E-state index contributed by atoms with van der Waals surface area (Å²) >= 11 is 0. The second-order valence-electron chi connectivity index (χ2n) is 5.97.